The van der Waals surface area contributed by atoms with Gasteiger partial charge in [-0.15, -0.1) is 11.3 Å². The number of thiophene rings is 1. The van der Waals surface area contributed by atoms with Crippen molar-refractivity contribution in [3.63, 3.8) is 0 Å². The molecular formula is C13H17NO3S. The van der Waals surface area contributed by atoms with Crippen molar-refractivity contribution in [3.8, 4) is 0 Å². The van der Waals surface area contributed by atoms with Crippen LogP contribution in [0.25, 0.3) is 0 Å². The van der Waals surface area contributed by atoms with Crippen molar-refractivity contribution < 1.29 is 14.7 Å². The second-order valence-electron chi connectivity index (χ2n) is 4.76. The maximum Gasteiger partial charge on any atom is 0.338 e. The van der Waals surface area contributed by atoms with Gasteiger partial charge in [-0.25, -0.2) is 4.79 Å². The third-order valence-corrected chi connectivity index (χ3v) is 4.67. The molecule has 0 atom stereocenters. The fraction of sp³-hybridized carbons (Fsp3) is 0.538. The van der Waals surface area contributed by atoms with Gasteiger partial charge in [-0.2, -0.15) is 0 Å². The quantitative estimate of drug-likeness (QED) is 0.879. The molecule has 0 spiro atoms. The Balaban J connectivity index is 2.16. The Kier molecular flexibility index (Phi) is 3.71. The van der Waals surface area contributed by atoms with Crippen LogP contribution in [-0.4, -0.2) is 17.0 Å². The zero-order valence-electron chi connectivity index (χ0n) is 10.4. The SMILES string of the molecule is CCC1(C(=O)Nc2sccc2C(=O)O)CCCC1. The van der Waals surface area contributed by atoms with Gasteiger partial charge in [0, 0.05) is 5.41 Å². The first kappa shape index (κ1) is 13.1. The molecule has 0 aromatic carbocycles. The van der Waals surface area contributed by atoms with Gasteiger partial charge in [0.05, 0.1) is 5.56 Å². The van der Waals surface area contributed by atoms with Crippen LogP contribution in [0.3, 0.4) is 0 Å². The van der Waals surface area contributed by atoms with Gasteiger partial charge in [-0.1, -0.05) is 19.8 Å². The summed E-state index contributed by atoms with van der Waals surface area (Å²) in [6.07, 6.45) is 4.79. The first-order chi connectivity index (χ1) is 8.59. The summed E-state index contributed by atoms with van der Waals surface area (Å²) in [6.45, 7) is 2.03. The van der Waals surface area contributed by atoms with Crippen LogP contribution < -0.4 is 5.32 Å². The third-order valence-electron chi connectivity index (χ3n) is 3.84. The van der Waals surface area contributed by atoms with E-state index in [2.05, 4.69) is 5.32 Å². The number of hydrogen-bond acceptors (Lipinski definition) is 3. The third kappa shape index (κ3) is 2.27. The van der Waals surface area contributed by atoms with E-state index >= 15 is 0 Å². The highest BCUT2D eigenvalue weighted by Gasteiger charge is 2.39. The Bertz CT molecular complexity index is 461. The molecule has 0 bridgehead atoms. The molecule has 0 radical (unpaired) electrons. The predicted molar refractivity (Wildman–Crippen MR) is 71.1 cm³/mol. The van der Waals surface area contributed by atoms with E-state index in [0.717, 1.165) is 32.1 Å². The van der Waals surface area contributed by atoms with Crippen molar-refractivity contribution >= 4 is 28.2 Å². The van der Waals surface area contributed by atoms with E-state index in [4.69, 9.17) is 5.11 Å². The second-order valence-corrected chi connectivity index (χ2v) is 5.68. The fourth-order valence-corrected chi connectivity index (χ4v) is 3.38. The number of anilines is 1. The first-order valence-electron chi connectivity index (χ1n) is 6.21. The maximum absolute atomic E-state index is 12.3. The van der Waals surface area contributed by atoms with E-state index in [1.165, 1.54) is 17.4 Å². The van der Waals surface area contributed by atoms with Crippen LogP contribution in [0.15, 0.2) is 11.4 Å². The van der Waals surface area contributed by atoms with Crippen LogP contribution in [-0.2, 0) is 4.79 Å². The molecule has 1 amide bonds. The summed E-state index contributed by atoms with van der Waals surface area (Å²) in [5.41, 5.74) is -0.114. The van der Waals surface area contributed by atoms with Gasteiger partial charge in [-0.05, 0) is 30.7 Å². The van der Waals surface area contributed by atoms with E-state index < -0.39 is 5.97 Å². The largest absolute Gasteiger partial charge is 0.478 e. The second kappa shape index (κ2) is 5.10. The molecule has 1 heterocycles. The molecule has 98 valence electrons. The first-order valence-corrected chi connectivity index (χ1v) is 7.09. The lowest BCUT2D eigenvalue weighted by atomic mass is 9.82. The molecule has 2 N–H and O–H groups in total. The minimum Gasteiger partial charge on any atom is -0.478 e. The zero-order chi connectivity index (χ0) is 13.2. The van der Waals surface area contributed by atoms with Crippen LogP contribution in [0.2, 0.25) is 0 Å². The predicted octanol–water partition coefficient (Wildman–Crippen LogP) is 3.36. The number of hydrogen-bond donors (Lipinski definition) is 2. The van der Waals surface area contributed by atoms with Crippen molar-refractivity contribution in [2.24, 2.45) is 5.41 Å². The summed E-state index contributed by atoms with van der Waals surface area (Å²) in [5.74, 6) is -1.02. The summed E-state index contributed by atoms with van der Waals surface area (Å²) in [7, 11) is 0. The highest BCUT2D eigenvalue weighted by molar-refractivity contribution is 7.14. The van der Waals surface area contributed by atoms with Crippen LogP contribution in [0.1, 0.15) is 49.4 Å². The van der Waals surface area contributed by atoms with Crippen molar-refractivity contribution in [3.05, 3.63) is 17.0 Å². The lowest BCUT2D eigenvalue weighted by Crippen LogP contribution is -2.33. The van der Waals surface area contributed by atoms with Gasteiger partial charge in [0.15, 0.2) is 0 Å². The summed E-state index contributed by atoms with van der Waals surface area (Å²) >= 11 is 1.26. The molecule has 1 aliphatic carbocycles. The average Bonchev–Trinajstić information content (AvgIpc) is 2.97. The monoisotopic (exact) mass is 267 g/mol. The van der Waals surface area contributed by atoms with E-state index in [-0.39, 0.29) is 16.9 Å². The number of rotatable bonds is 4. The smallest absolute Gasteiger partial charge is 0.338 e. The highest BCUT2D eigenvalue weighted by atomic mass is 32.1. The topological polar surface area (TPSA) is 66.4 Å². The number of aromatic carboxylic acids is 1. The molecular weight excluding hydrogens is 250 g/mol. The van der Waals surface area contributed by atoms with Crippen molar-refractivity contribution in [1.82, 2.24) is 0 Å². The minimum atomic E-state index is -0.997. The van der Waals surface area contributed by atoms with E-state index in [0.29, 0.717) is 5.00 Å². The average molecular weight is 267 g/mol. The lowest BCUT2D eigenvalue weighted by Gasteiger charge is -2.25. The van der Waals surface area contributed by atoms with Gasteiger partial charge >= 0.3 is 5.97 Å². The number of nitrogens with one attached hydrogen (secondary N) is 1. The summed E-state index contributed by atoms with van der Waals surface area (Å²) in [4.78, 5) is 23.3. The van der Waals surface area contributed by atoms with Crippen molar-refractivity contribution in [2.45, 2.75) is 39.0 Å². The minimum absolute atomic E-state index is 0.0209. The Hall–Kier alpha value is -1.36. The molecule has 4 nitrogen and oxygen atoms in total. The molecule has 1 aromatic rings. The Morgan fingerprint density at radius 3 is 2.67 bits per heavy atom. The molecule has 1 saturated carbocycles. The molecule has 1 fully saturated rings. The normalized spacial score (nSPS) is 17.6. The number of amides is 1. The number of carboxylic acid groups (broad SMARTS) is 1. The molecule has 0 aliphatic heterocycles. The lowest BCUT2D eigenvalue weighted by molar-refractivity contribution is -0.125. The van der Waals surface area contributed by atoms with Crippen LogP contribution in [0, 0.1) is 5.41 Å². The van der Waals surface area contributed by atoms with Gasteiger partial charge < -0.3 is 10.4 Å². The highest BCUT2D eigenvalue weighted by Crippen LogP contribution is 2.42. The molecule has 2 rings (SSSR count). The Labute approximate surface area is 110 Å². The molecule has 5 heteroatoms. The van der Waals surface area contributed by atoms with Crippen LogP contribution >= 0.6 is 11.3 Å². The van der Waals surface area contributed by atoms with E-state index in [9.17, 15) is 9.59 Å². The molecule has 18 heavy (non-hydrogen) atoms. The van der Waals surface area contributed by atoms with Gasteiger partial charge in [-0.3, -0.25) is 4.79 Å². The molecule has 1 aliphatic rings. The van der Waals surface area contributed by atoms with Crippen molar-refractivity contribution in [1.29, 1.82) is 0 Å². The van der Waals surface area contributed by atoms with E-state index in [1.54, 1.807) is 5.38 Å². The van der Waals surface area contributed by atoms with Crippen LogP contribution in [0.5, 0.6) is 0 Å². The molecule has 1 aromatic heterocycles. The Morgan fingerprint density at radius 2 is 2.11 bits per heavy atom. The van der Waals surface area contributed by atoms with Crippen LogP contribution in [0.4, 0.5) is 5.00 Å². The number of carboxylic acids is 1. The Morgan fingerprint density at radius 1 is 1.44 bits per heavy atom. The zero-order valence-corrected chi connectivity index (χ0v) is 11.2. The van der Waals surface area contributed by atoms with Crippen molar-refractivity contribution in [2.75, 3.05) is 5.32 Å². The number of carbonyl (C=O) groups is 2. The number of carbonyl (C=O) groups excluding carboxylic acids is 1. The molecule has 0 saturated heterocycles. The summed E-state index contributed by atoms with van der Waals surface area (Å²) < 4.78 is 0. The standard InChI is InChI=1S/C13H17NO3S/c1-2-13(6-3-4-7-13)12(17)14-10-9(11(15)16)5-8-18-10/h5,8H,2-4,6-7H2,1H3,(H,14,17)(H,15,16). The fourth-order valence-electron chi connectivity index (χ4n) is 2.60. The van der Waals surface area contributed by atoms with E-state index in [1.807, 2.05) is 6.92 Å². The molecule has 0 unspecified atom stereocenters. The van der Waals surface area contributed by atoms with Gasteiger partial charge in [0.1, 0.15) is 5.00 Å². The van der Waals surface area contributed by atoms with Gasteiger partial charge in [0.25, 0.3) is 0 Å². The summed E-state index contributed by atoms with van der Waals surface area (Å²) in [5, 5.41) is 14.0. The van der Waals surface area contributed by atoms with Gasteiger partial charge in [0.2, 0.25) is 5.91 Å². The summed E-state index contributed by atoms with van der Waals surface area (Å²) in [6, 6.07) is 1.52. The maximum atomic E-state index is 12.3.